The van der Waals surface area contributed by atoms with Gasteiger partial charge in [-0.25, -0.2) is 0 Å². The van der Waals surface area contributed by atoms with E-state index in [4.69, 9.17) is 0 Å². The van der Waals surface area contributed by atoms with Crippen molar-refractivity contribution in [2.24, 2.45) is 5.92 Å². The summed E-state index contributed by atoms with van der Waals surface area (Å²) in [5.74, 6) is 0.697. The minimum Gasteiger partial charge on any atom is -0.158 e. The number of aromatic nitrogens is 2. The van der Waals surface area contributed by atoms with Gasteiger partial charge in [0.15, 0.2) is 0 Å². The van der Waals surface area contributed by atoms with Gasteiger partial charge in [-0.3, -0.25) is 0 Å². The Morgan fingerprint density at radius 1 is 1.07 bits per heavy atom. The van der Waals surface area contributed by atoms with Crippen molar-refractivity contribution in [3.05, 3.63) is 36.2 Å². The maximum absolute atomic E-state index is 3.88. The highest BCUT2D eigenvalue weighted by Crippen LogP contribution is 2.15. The third-order valence-corrected chi connectivity index (χ3v) is 2.26. The minimum absolute atomic E-state index is 0.697. The highest BCUT2D eigenvalue weighted by Gasteiger charge is 1.99. The Hall–Kier alpha value is -1.44. The van der Waals surface area contributed by atoms with Gasteiger partial charge in [-0.2, -0.15) is 10.2 Å². The number of benzene rings is 1. The Morgan fingerprint density at radius 3 is 2.50 bits per heavy atom. The van der Waals surface area contributed by atoms with Crippen LogP contribution >= 0.6 is 0 Å². The molecule has 1 aromatic carbocycles. The van der Waals surface area contributed by atoms with Crippen LogP contribution in [0.3, 0.4) is 0 Å². The normalized spacial score (nSPS) is 11.1. The van der Waals surface area contributed by atoms with E-state index in [1.165, 1.54) is 10.9 Å². The van der Waals surface area contributed by atoms with E-state index in [0.717, 1.165) is 11.8 Å². The zero-order valence-electron chi connectivity index (χ0n) is 8.57. The van der Waals surface area contributed by atoms with Crippen LogP contribution in [0.1, 0.15) is 19.4 Å². The summed E-state index contributed by atoms with van der Waals surface area (Å²) in [4.78, 5) is 0. The molecule has 0 amide bonds. The number of rotatable bonds is 2. The first-order chi connectivity index (χ1) is 6.75. The molecule has 2 aromatic rings. The molecule has 0 N–H and O–H groups in total. The molecule has 0 aliphatic heterocycles. The molecule has 0 radical (unpaired) electrons. The van der Waals surface area contributed by atoms with Gasteiger partial charge in [0, 0.05) is 10.8 Å². The molecule has 2 nitrogen and oxygen atoms in total. The molecule has 0 aliphatic rings. The van der Waals surface area contributed by atoms with Gasteiger partial charge in [-0.05, 0) is 24.0 Å². The third-order valence-electron chi connectivity index (χ3n) is 2.26. The molecule has 0 bridgehead atoms. The number of fused-ring (bicyclic) bond motifs is 1. The number of hydrogen-bond acceptors (Lipinski definition) is 2. The molecule has 0 atom stereocenters. The SMILES string of the molecule is CC(C)Cc1ccc2cnncc2c1. The molecule has 0 fully saturated rings. The summed E-state index contributed by atoms with van der Waals surface area (Å²) in [6.45, 7) is 4.46. The van der Waals surface area contributed by atoms with Crippen LogP contribution in [0.15, 0.2) is 30.6 Å². The average Bonchev–Trinajstić information content (AvgIpc) is 2.17. The van der Waals surface area contributed by atoms with Crippen LogP contribution in [-0.2, 0) is 6.42 Å². The van der Waals surface area contributed by atoms with Gasteiger partial charge in [0.25, 0.3) is 0 Å². The fraction of sp³-hybridized carbons (Fsp3) is 0.333. The molecular weight excluding hydrogens is 172 g/mol. The monoisotopic (exact) mass is 186 g/mol. The number of nitrogens with zero attached hydrogens (tertiary/aromatic N) is 2. The van der Waals surface area contributed by atoms with Gasteiger partial charge in [0.1, 0.15) is 0 Å². The molecule has 1 heterocycles. The zero-order valence-corrected chi connectivity index (χ0v) is 8.57. The quantitative estimate of drug-likeness (QED) is 0.720. The van der Waals surface area contributed by atoms with E-state index in [-0.39, 0.29) is 0 Å². The maximum atomic E-state index is 3.88. The highest BCUT2D eigenvalue weighted by atomic mass is 15.1. The van der Waals surface area contributed by atoms with Crippen molar-refractivity contribution in [2.75, 3.05) is 0 Å². The standard InChI is InChI=1S/C12H14N2/c1-9(2)5-10-3-4-11-7-13-14-8-12(11)6-10/h3-4,6-9H,5H2,1-2H3. The highest BCUT2D eigenvalue weighted by molar-refractivity contribution is 5.81. The van der Waals surface area contributed by atoms with Gasteiger partial charge in [-0.15, -0.1) is 0 Å². The Kier molecular flexibility index (Phi) is 2.44. The third kappa shape index (κ3) is 1.90. The number of hydrogen-bond donors (Lipinski definition) is 0. The second-order valence-corrected chi connectivity index (χ2v) is 4.05. The molecule has 0 spiro atoms. The minimum atomic E-state index is 0.697. The first-order valence-electron chi connectivity index (χ1n) is 4.95. The zero-order chi connectivity index (χ0) is 9.97. The fourth-order valence-electron chi connectivity index (χ4n) is 1.64. The smallest absolute Gasteiger partial charge is 0.0574 e. The summed E-state index contributed by atoms with van der Waals surface area (Å²) in [6, 6.07) is 6.48. The van der Waals surface area contributed by atoms with E-state index in [1.54, 1.807) is 6.20 Å². The summed E-state index contributed by atoms with van der Waals surface area (Å²) in [5, 5.41) is 10.1. The summed E-state index contributed by atoms with van der Waals surface area (Å²) in [5.41, 5.74) is 1.38. The van der Waals surface area contributed by atoms with Gasteiger partial charge in [-0.1, -0.05) is 26.0 Å². The molecule has 2 heteroatoms. The van der Waals surface area contributed by atoms with Crippen LogP contribution in [0.5, 0.6) is 0 Å². The van der Waals surface area contributed by atoms with Crippen LogP contribution < -0.4 is 0 Å². The van der Waals surface area contributed by atoms with Crippen molar-refractivity contribution in [1.29, 1.82) is 0 Å². The summed E-state index contributed by atoms with van der Waals surface area (Å²) in [6.07, 6.45) is 4.74. The molecule has 0 saturated carbocycles. The van der Waals surface area contributed by atoms with Crippen molar-refractivity contribution in [2.45, 2.75) is 20.3 Å². The second kappa shape index (κ2) is 3.74. The molecule has 0 aliphatic carbocycles. The van der Waals surface area contributed by atoms with Gasteiger partial charge in [0.05, 0.1) is 12.4 Å². The van der Waals surface area contributed by atoms with Gasteiger partial charge >= 0.3 is 0 Å². The maximum Gasteiger partial charge on any atom is 0.0574 e. The molecule has 0 saturated heterocycles. The van der Waals surface area contributed by atoms with Crippen LogP contribution in [0.25, 0.3) is 10.8 Å². The van der Waals surface area contributed by atoms with E-state index < -0.39 is 0 Å². The largest absolute Gasteiger partial charge is 0.158 e. The Bertz CT molecular complexity index is 435. The summed E-state index contributed by atoms with van der Waals surface area (Å²) < 4.78 is 0. The van der Waals surface area contributed by atoms with E-state index >= 15 is 0 Å². The van der Waals surface area contributed by atoms with E-state index in [1.807, 2.05) is 6.20 Å². The average molecular weight is 186 g/mol. The van der Waals surface area contributed by atoms with Crippen LogP contribution in [0.4, 0.5) is 0 Å². The molecule has 0 unspecified atom stereocenters. The Labute approximate surface area is 84.0 Å². The lowest BCUT2D eigenvalue weighted by Crippen LogP contribution is -1.93. The van der Waals surface area contributed by atoms with Crippen molar-refractivity contribution >= 4 is 10.8 Å². The van der Waals surface area contributed by atoms with Gasteiger partial charge in [0.2, 0.25) is 0 Å². The van der Waals surface area contributed by atoms with E-state index in [2.05, 4.69) is 42.2 Å². The topological polar surface area (TPSA) is 25.8 Å². The molecule has 72 valence electrons. The van der Waals surface area contributed by atoms with Crippen LogP contribution in [0, 0.1) is 5.92 Å². The first-order valence-corrected chi connectivity index (χ1v) is 4.95. The Morgan fingerprint density at radius 2 is 1.79 bits per heavy atom. The van der Waals surface area contributed by atoms with Crippen LogP contribution in [-0.4, -0.2) is 10.2 Å². The molecule has 14 heavy (non-hydrogen) atoms. The molecule has 1 aromatic heterocycles. The van der Waals surface area contributed by atoms with Crippen molar-refractivity contribution in [3.8, 4) is 0 Å². The molecule has 2 rings (SSSR count). The lowest BCUT2D eigenvalue weighted by molar-refractivity contribution is 0.648. The van der Waals surface area contributed by atoms with E-state index in [0.29, 0.717) is 5.92 Å². The predicted molar refractivity (Wildman–Crippen MR) is 58.1 cm³/mol. The predicted octanol–water partition coefficient (Wildman–Crippen LogP) is 2.83. The van der Waals surface area contributed by atoms with Crippen molar-refractivity contribution in [1.82, 2.24) is 10.2 Å². The lowest BCUT2D eigenvalue weighted by atomic mass is 10.0. The lowest BCUT2D eigenvalue weighted by Gasteiger charge is -2.05. The van der Waals surface area contributed by atoms with Crippen molar-refractivity contribution < 1.29 is 0 Å². The second-order valence-electron chi connectivity index (χ2n) is 4.05. The van der Waals surface area contributed by atoms with E-state index in [9.17, 15) is 0 Å². The Balaban J connectivity index is 2.41. The van der Waals surface area contributed by atoms with Crippen LogP contribution in [0.2, 0.25) is 0 Å². The summed E-state index contributed by atoms with van der Waals surface area (Å²) >= 11 is 0. The first kappa shape index (κ1) is 9.13. The van der Waals surface area contributed by atoms with Crippen molar-refractivity contribution in [3.63, 3.8) is 0 Å². The molecular formula is C12H14N2. The summed E-state index contributed by atoms with van der Waals surface area (Å²) in [7, 11) is 0. The fourth-order valence-corrected chi connectivity index (χ4v) is 1.64. The van der Waals surface area contributed by atoms with Gasteiger partial charge < -0.3 is 0 Å².